The molecule has 0 bridgehead atoms. The molecule has 0 aliphatic rings. The number of carbonyl (C=O) groups is 1. The first-order chi connectivity index (χ1) is 12.2. The van der Waals surface area contributed by atoms with Crippen LogP contribution in [0.2, 0.25) is 5.02 Å². The molecule has 0 aliphatic carbocycles. The summed E-state index contributed by atoms with van der Waals surface area (Å²) in [5.74, 6) is 0.649. The molecule has 0 spiro atoms. The summed E-state index contributed by atoms with van der Waals surface area (Å²) in [5.41, 5.74) is 3.08. The number of ether oxygens (including phenoxy) is 1. The fourth-order valence-electron chi connectivity index (χ4n) is 2.61. The lowest BCUT2D eigenvalue weighted by molar-refractivity contribution is 0.0954. The Balaban J connectivity index is 1.66. The Bertz CT molecular complexity index is 859. The first-order valence-electron chi connectivity index (χ1n) is 7.88. The van der Waals surface area contributed by atoms with Gasteiger partial charge in [-0.1, -0.05) is 41.9 Å². The molecule has 25 heavy (non-hydrogen) atoms. The number of aromatic amines is 1. The van der Waals surface area contributed by atoms with Gasteiger partial charge in [0.15, 0.2) is 0 Å². The molecule has 0 radical (unpaired) electrons. The normalized spacial score (nSPS) is 10.5. The van der Waals surface area contributed by atoms with E-state index in [1.165, 1.54) is 6.20 Å². The molecule has 0 fully saturated rings. The van der Waals surface area contributed by atoms with Gasteiger partial charge in [-0.3, -0.25) is 9.89 Å². The van der Waals surface area contributed by atoms with Gasteiger partial charge in [0.1, 0.15) is 5.75 Å². The van der Waals surface area contributed by atoms with Gasteiger partial charge in [-0.25, -0.2) is 0 Å². The van der Waals surface area contributed by atoms with Crippen LogP contribution in [0.4, 0.5) is 0 Å². The maximum absolute atomic E-state index is 12.5. The summed E-state index contributed by atoms with van der Waals surface area (Å²) in [6, 6.07) is 15.0. The highest BCUT2D eigenvalue weighted by Crippen LogP contribution is 2.23. The number of benzene rings is 2. The standard InChI is InChI=1S/C19H18ClN3O2/c1-25-17-5-3-2-4-13(17)10-11-21-19(24)16-12-22-23-18(16)14-6-8-15(20)9-7-14/h2-9,12H,10-11H2,1H3,(H,21,24)(H,22,23). The van der Waals surface area contributed by atoms with Crippen molar-refractivity contribution in [2.24, 2.45) is 0 Å². The lowest BCUT2D eigenvalue weighted by Gasteiger charge is -2.09. The van der Waals surface area contributed by atoms with Crippen molar-refractivity contribution >= 4 is 17.5 Å². The van der Waals surface area contributed by atoms with Gasteiger partial charge in [0.25, 0.3) is 5.91 Å². The third-order valence-electron chi connectivity index (χ3n) is 3.89. The Labute approximate surface area is 151 Å². The zero-order valence-electron chi connectivity index (χ0n) is 13.8. The van der Waals surface area contributed by atoms with Crippen LogP contribution in [0.5, 0.6) is 5.75 Å². The average molecular weight is 356 g/mol. The second-order valence-electron chi connectivity index (χ2n) is 5.48. The third-order valence-corrected chi connectivity index (χ3v) is 4.14. The van der Waals surface area contributed by atoms with Crippen LogP contribution in [0.3, 0.4) is 0 Å². The monoisotopic (exact) mass is 355 g/mol. The van der Waals surface area contributed by atoms with Crippen molar-refractivity contribution in [1.82, 2.24) is 15.5 Å². The molecule has 5 nitrogen and oxygen atoms in total. The number of nitrogens with one attached hydrogen (secondary N) is 2. The van der Waals surface area contributed by atoms with Crippen LogP contribution >= 0.6 is 11.6 Å². The van der Waals surface area contributed by atoms with Gasteiger partial charge in [-0.15, -0.1) is 0 Å². The van der Waals surface area contributed by atoms with Crippen molar-refractivity contribution in [3.8, 4) is 17.0 Å². The van der Waals surface area contributed by atoms with Crippen molar-refractivity contribution in [2.75, 3.05) is 13.7 Å². The van der Waals surface area contributed by atoms with Gasteiger partial charge < -0.3 is 10.1 Å². The van der Waals surface area contributed by atoms with E-state index in [9.17, 15) is 4.79 Å². The van der Waals surface area contributed by atoms with E-state index in [-0.39, 0.29) is 5.91 Å². The Hall–Kier alpha value is -2.79. The zero-order chi connectivity index (χ0) is 17.6. The van der Waals surface area contributed by atoms with Crippen LogP contribution < -0.4 is 10.1 Å². The molecule has 0 saturated heterocycles. The van der Waals surface area contributed by atoms with Gasteiger partial charge in [-0.05, 0) is 30.2 Å². The summed E-state index contributed by atoms with van der Waals surface area (Å²) in [6.07, 6.45) is 2.21. The molecule has 3 aromatic rings. The predicted molar refractivity (Wildman–Crippen MR) is 98.1 cm³/mol. The summed E-state index contributed by atoms with van der Waals surface area (Å²) in [5, 5.41) is 10.4. The molecule has 3 rings (SSSR count). The minimum atomic E-state index is -0.173. The van der Waals surface area contributed by atoms with E-state index in [1.54, 1.807) is 19.2 Å². The number of halogens is 1. The third kappa shape index (κ3) is 4.00. The van der Waals surface area contributed by atoms with Crippen molar-refractivity contribution < 1.29 is 9.53 Å². The summed E-state index contributed by atoms with van der Waals surface area (Å²) in [4.78, 5) is 12.5. The summed E-state index contributed by atoms with van der Waals surface area (Å²) < 4.78 is 5.32. The molecule has 128 valence electrons. The SMILES string of the molecule is COc1ccccc1CCNC(=O)c1cn[nH]c1-c1ccc(Cl)cc1. The topological polar surface area (TPSA) is 67.0 Å². The molecule has 2 N–H and O–H groups in total. The number of aromatic nitrogens is 2. The Morgan fingerprint density at radius 2 is 1.96 bits per heavy atom. The van der Waals surface area contributed by atoms with Crippen molar-refractivity contribution in [2.45, 2.75) is 6.42 Å². The summed E-state index contributed by atoms with van der Waals surface area (Å²) in [6.45, 7) is 0.504. The predicted octanol–water partition coefficient (Wildman–Crippen LogP) is 3.71. The van der Waals surface area contributed by atoms with E-state index in [2.05, 4.69) is 15.5 Å². The minimum absolute atomic E-state index is 0.173. The highest BCUT2D eigenvalue weighted by Gasteiger charge is 2.15. The van der Waals surface area contributed by atoms with Gasteiger partial charge in [-0.2, -0.15) is 5.10 Å². The summed E-state index contributed by atoms with van der Waals surface area (Å²) >= 11 is 5.91. The molecule has 1 heterocycles. The van der Waals surface area contributed by atoms with Crippen LogP contribution in [0.25, 0.3) is 11.3 Å². The van der Waals surface area contributed by atoms with Gasteiger partial charge in [0.2, 0.25) is 0 Å². The largest absolute Gasteiger partial charge is 0.496 e. The number of amides is 1. The van der Waals surface area contributed by atoms with E-state index >= 15 is 0 Å². The quantitative estimate of drug-likeness (QED) is 0.708. The Kier molecular flexibility index (Phi) is 5.36. The van der Waals surface area contributed by atoms with Gasteiger partial charge >= 0.3 is 0 Å². The number of methoxy groups -OCH3 is 1. The Morgan fingerprint density at radius 1 is 1.20 bits per heavy atom. The van der Waals surface area contributed by atoms with E-state index in [1.807, 2.05) is 36.4 Å². The van der Waals surface area contributed by atoms with E-state index in [4.69, 9.17) is 16.3 Å². The highest BCUT2D eigenvalue weighted by molar-refractivity contribution is 6.30. The number of rotatable bonds is 6. The van der Waals surface area contributed by atoms with Crippen LogP contribution in [0, 0.1) is 0 Å². The molecule has 0 unspecified atom stereocenters. The number of hydrogen-bond acceptors (Lipinski definition) is 3. The second kappa shape index (κ2) is 7.85. The van der Waals surface area contributed by atoms with Crippen molar-refractivity contribution in [3.63, 3.8) is 0 Å². The molecule has 0 saturated carbocycles. The van der Waals surface area contributed by atoms with Crippen molar-refractivity contribution in [1.29, 1.82) is 0 Å². The molecule has 2 aromatic carbocycles. The molecule has 1 amide bonds. The maximum atomic E-state index is 12.5. The lowest BCUT2D eigenvalue weighted by atomic mass is 10.1. The van der Waals surface area contributed by atoms with Crippen LogP contribution in [0.1, 0.15) is 15.9 Å². The number of nitrogens with zero attached hydrogens (tertiary/aromatic N) is 1. The maximum Gasteiger partial charge on any atom is 0.255 e. The smallest absolute Gasteiger partial charge is 0.255 e. The fraction of sp³-hybridized carbons (Fsp3) is 0.158. The average Bonchev–Trinajstić information content (AvgIpc) is 3.12. The number of para-hydroxylation sites is 1. The van der Waals surface area contributed by atoms with Crippen LogP contribution in [0.15, 0.2) is 54.7 Å². The fourth-order valence-corrected chi connectivity index (χ4v) is 2.74. The first-order valence-corrected chi connectivity index (χ1v) is 8.26. The molecular formula is C19H18ClN3O2. The molecule has 6 heteroatoms. The Morgan fingerprint density at radius 3 is 2.72 bits per heavy atom. The molecule has 1 aromatic heterocycles. The zero-order valence-corrected chi connectivity index (χ0v) is 14.5. The first kappa shape index (κ1) is 17.0. The number of hydrogen-bond donors (Lipinski definition) is 2. The van der Waals surface area contributed by atoms with E-state index in [0.717, 1.165) is 16.9 Å². The molecule has 0 atom stereocenters. The van der Waals surface area contributed by atoms with Crippen LogP contribution in [-0.4, -0.2) is 29.8 Å². The van der Waals surface area contributed by atoms with Gasteiger partial charge in [0.05, 0.1) is 24.6 Å². The number of carbonyl (C=O) groups excluding carboxylic acids is 1. The molecular weight excluding hydrogens is 338 g/mol. The van der Waals surface area contributed by atoms with Crippen LogP contribution in [-0.2, 0) is 6.42 Å². The molecule has 0 aliphatic heterocycles. The van der Waals surface area contributed by atoms with Crippen molar-refractivity contribution in [3.05, 3.63) is 70.9 Å². The minimum Gasteiger partial charge on any atom is -0.496 e. The second-order valence-corrected chi connectivity index (χ2v) is 5.92. The lowest BCUT2D eigenvalue weighted by Crippen LogP contribution is -2.26. The highest BCUT2D eigenvalue weighted by atomic mass is 35.5. The summed E-state index contributed by atoms with van der Waals surface area (Å²) in [7, 11) is 1.64. The van der Waals surface area contributed by atoms with E-state index < -0.39 is 0 Å². The van der Waals surface area contributed by atoms with Gasteiger partial charge in [0, 0.05) is 17.1 Å². The van der Waals surface area contributed by atoms with E-state index in [0.29, 0.717) is 29.2 Å². The number of H-pyrrole nitrogens is 1.